The zero-order chi connectivity index (χ0) is 24.7. The molecule has 0 saturated heterocycles. The number of benzene rings is 3. The number of hydrogen-bond donors (Lipinski definition) is 0. The van der Waals surface area contributed by atoms with E-state index in [1.807, 2.05) is 75.4 Å². The zero-order valence-electron chi connectivity index (χ0n) is 20.3. The molecule has 178 valence electrons. The number of fused-ring (bicyclic) bond motifs is 2. The van der Waals surface area contributed by atoms with Crippen LogP contribution in [-0.2, 0) is 6.54 Å². The number of aryl methyl sites for hydroxylation is 2. The van der Waals surface area contributed by atoms with Crippen molar-refractivity contribution in [2.45, 2.75) is 33.4 Å². The largest absolute Gasteiger partial charge is 0.493 e. The van der Waals surface area contributed by atoms with Crippen LogP contribution in [0.4, 0.5) is 0 Å². The number of carbonyl (C=O) groups excluding carboxylic acids is 1. The Hall–Kier alpha value is -4.06. The SMILES string of the molecule is CCOc1ccc([C@H]2c3c(oc4ccc(C)cc4c3=O)C(=O)N2Cc2ccc(C)cc2)cc1OC. The van der Waals surface area contributed by atoms with E-state index in [4.69, 9.17) is 13.9 Å². The highest BCUT2D eigenvalue weighted by molar-refractivity contribution is 5.99. The number of carbonyl (C=O) groups is 1. The van der Waals surface area contributed by atoms with Crippen molar-refractivity contribution < 1.29 is 18.7 Å². The molecule has 0 unspecified atom stereocenters. The molecule has 0 fully saturated rings. The van der Waals surface area contributed by atoms with E-state index in [0.717, 1.165) is 22.3 Å². The molecule has 3 aromatic carbocycles. The van der Waals surface area contributed by atoms with Gasteiger partial charge >= 0.3 is 0 Å². The van der Waals surface area contributed by atoms with E-state index in [9.17, 15) is 9.59 Å². The summed E-state index contributed by atoms with van der Waals surface area (Å²) in [4.78, 5) is 29.1. The predicted molar refractivity (Wildman–Crippen MR) is 134 cm³/mol. The van der Waals surface area contributed by atoms with Crippen molar-refractivity contribution in [3.63, 3.8) is 0 Å². The zero-order valence-corrected chi connectivity index (χ0v) is 20.3. The summed E-state index contributed by atoms with van der Waals surface area (Å²) in [6.07, 6.45) is 0. The number of nitrogens with zero attached hydrogens (tertiary/aromatic N) is 1. The molecule has 0 aliphatic carbocycles. The summed E-state index contributed by atoms with van der Waals surface area (Å²) in [6, 6.07) is 18.4. The Morgan fingerprint density at radius 3 is 2.37 bits per heavy atom. The predicted octanol–water partition coefficient (Wildman–Crippen LogP) is 5.56. The van der Waals surface area contributed by atoms with Gasteiger partial charge in [0.1, 0.15) is 5.58 Å². The lowest BCUT2D eigenvalue weighted by Gasteiger charge is -2.26. The maximum atomic E-state index is 13.8. The van der Waals surface area contributed by atoms with Gasteiger partial charge in [-0.2, -0.15) is 0 Å². The maximum Gasteiger partial charge on any atom is 0.291 e. The standard InChI is InChI=1S/C29H27NO5/c1-5-34-23-13-11-20(15-24(23)33-4)26-25-27(31)21-14-18(3)8-12-22(21)35-28(25)29(32)30(26)16-19-9-6-17(2)7-10-19/h6-15,26H,5,16H2,1-4H3/t26-/m0/s1. The van der Waals surface area contributed by atoms with Crippen LogP contribution in [-0.4, -0.2) is 24.5 Å². The summed E-state index contributed by atoms with van der Waals surface area (Å²) >= 11 is 0. The second kappa shape index (κ2) is 8.95. The fraction of sp³-hybridized carbons (Fsp3) is 0.241. The molecule has 1 aliphatic heterocycles. The van der Waals surface area contributed by atoms with Crippen molar-refractivity contribution in [1.29, 1.82) is 0 Å². The highest BCUT2D eigenvalue weighted by Crippen LogP contribution is 2.41. The fourth-order valence-corrected chi connectivity index (χ4v) is 4.66. The molecule has 1 aliphatic rings. The molecule has 0 saturated carbocycles. The highest BCUT2D eigenvalue weighted by atomic mass is 16.5. The van der Waals surface area contributed by atoms with Gasteiger partial charge in [0, 0.05) is 6.54 Å². The minimum absolute atomic E-state index is 0.0938. The number of rotatable bonds is 6. The molecule has 0 radical (unpaired) electrons. The normalized spacial score (nSPS) is 14.9. The van der Waals surface area contributed by atoms with Gasteiger partial charge in [0.25, 0.3) is 5.91 Å². The molecule has 1 aromatic heterocycles. The van der Waals surface area contributed by atoms with Crippen molar-refractivity contribution >= 4 is 16.9 Å². The third kappa shape index (κ3) is 3.95. The first-order valence-corrected chi connectivity index (χ1v) is 11.7. The molecule has 4 aromatic rings. The minimum atomic E-state index is -0.621. The van der Waals surface area contributed by atoms with Gasteiger partial charge in [-0.3, -0.25) is 9.59 Å². The molecule has 1 atom stereocenters. The van der Waals surface area contributed by atoms with Crippen LogP contribution in [0, 0.1) is 13.8 Å². The molecule has 35 heavy (non-hydrogen) atoms. The van der Waals surface area contributed by atoms with Crippen molar-refractivity contribution in [2.24, 2.45) is 0 Å². The van der Waals surface area contributed by atoms with Gasteiger partial charge in [0.2, 0.25) is 5.76 Å². The van der Waals surface area contributed by atoms with E-state index in [0.29, 0.717) is 41.2 Å². The lowest BCUT2D eigenvalue weighted by Crippen LogP contribution is -2.29. The Bertz CT molecular complexity index is 1490. The summed E-state index contributed by atoms with van der Waals surface area (Å²) in [5.41, 5.74) is 4.37. The van der Waals surface area contributed by atoms with Gasteiger partial charge in [0.05, 0.1) is 30.7 Å². The van der Waals surface area contributed by atoms with E-state index in [-0.39, 0.29) is 17.1 Å². The van der Waals surface area contributed by atoms with Crippen LogP contribution in [0.25, 0.3) is 11.0 Å². The molecular formula is C29H27NO5. The Morgan fingerprint density at radius 1 is 0.914 bits per heavy atom. The van der Waals surface area contributed by atoms with Crippen LogP contribution >= 0.6 is 0 Å². The van der Waals surface area contributed by atoms with E-state index in [1.165, 1.54) is 0 Å². The van der Waals surface area contributed by atoms with Gasteiger partial charge in [-0.15, -0.1) is 0 Å². The first kappa shape index (κ1) is 22.7. The van der Waals surface area contributed by atoms with Gasteiger partial charge in [0.15, 0.2) is 16.9 Å². The van der Waals surface area contributed by atoms with Gasteiger partial charge in [-0.1, -0.05) is 47.5 Å². The molecule has 0 spiro atoms. The molecule has 1 amide bonds. The fourth-order valence-electron chi connectivity index (χ4n) is 4.66. The average Bonchev–Trinajstić information content (AvgIpc) is 3.13. The second-order valence-electron chi connectivity index (χ2n) is 8.84. The lowest BCUT2D eigenvalue weighted by atomic mass is 9.97. The molecular weight excluding hydrogens is 442 g/mol. The molecule has 0 N–H and O–H groups in total. The van der Waals surface area contributed by atoms with E-state index in [2.05, 4.69) is 0 Å². The molecule has 5 rings (SSSR count). The quantitative estimate of drug-likeness (QED) is 0.370. The summed E-state index contributed by atoms with van der Waals surface area (Å²) in [7, 11) is 1.57. The first-order chi connectivity index (χ1) is 16.9. The Morgan fingerprint density at radius 2 is 1.66 bits per heavy atom. The van der Waals surface area contributed by atoms with Crippen LogP contribution in [0.2, 0.25) is 0 Å². The minimum Gasteiger partial charge on any atom is -0.493 e. The summed E-state index contributed by atoms with van der Waals surface area (Å²) in [6.45, 7) is 6.68. The maximum absolute atomic E-state index is 13.8. The number of methoxy groups -OCH3 is 1. The second-order valence-corrected chi connectivity index (χ2v) is 8.84. The summed E-state index contributed by atoms with van der Waals surface area (Å²) < 4.78 is 17.3. The smallest absolute Gasteiger partial charge is 0.291 e. The number of amides is 1. The summed E-state index contributed by atoms with van der Waals surface area (Å²) in [5, 5.41) is 0.469. The van der Waals surface area contributed by atoms with Crippen LogP contribution in [0.15, 0.2) is 69.9 Å². The average molecular weight is 470 g/mol. The van der Waals surface area contributed by atoms with Crippen molar-refractivity contribution in [2.75, 3.05) is 13.7 Å². The van der Waals surface area contributed by atoms with Gasteiger partial charge in [-0.25, -0.2) is 0 Å². The van der Waals surface area contributed by atoms with Crippen LogP contribution in [0.5, 0.6) is 11.5 Å². The van der Waals surface area contributed by atoms with Crippen LogP contribution in [0.1, 0.15) is 51.3 Å². The highest BCUT2D eigenvalue weighted by Gasteiger charge is 2.43. The topological polar surface area (TPSA) is 69.0 Å². The molecule has 6 heteroatoms. The van der Waals surface area contributed by atoms with Crippen LogP contribution in [0.3, 0.4) is 0 Å². The molecule has 0 bridgehead atoms. The van der Waals surface area contributed by atoms with Gasteiger partial charge in [-0.05, 0) is 56.2 Å². The summed E-state index contributed by atoms with van der Waals surface area (Å²) in [5.74, 6) is 0.936. The Balaban J connectivity index is 1.71. The van der Waals surface area contributed by atoms with Gasteiger partial charge < -0.3 is 18.8 Å². The Labute approximate surface area is 203 Å². The molecule has 6 nitrogen and oxygen atoms in total. The van der Waals surface area contributed by atoms with Crippen molar-refractivity contribution in [3.8, 4) is 11.5 Å². The first-order valence-electron chi connectivity index (χ1n) is 11.7. The number of hydrogen-bond acceptors (Lipinski definition) is 5. The van der Waals surface area contributed by atoms with E-state index < -0.39 is 6.04 Å². The third-order valence-corrected chi connectivity index (χ3v) is 6.40. The molecule has 2 heterocycles. The van der Waals surface area contributed by atoms with Crippen LogP contribution < -0.4 is 14.9 Å². The van der Waals surface area contributed by atoms with Crippen molar-refractivity contribution in [3.05, 3.63) is 104 Å². The Kier molecular flexibility index (Phi) is 5.81. The monoisotopic (exact) mass is 469 g/mol. The van der Waals surface area contributed by atoms with Crippen molar-refractivity contribution in [1.82, 2.24) is 4.90 Å². The number of ether oxygens (including phenoxy) is 2. The lowest BCUT2D eigenvalue weighted by molar-refractivity contribution is 0.0714. The van der Waals surface area contributed by atoms with E-state index >= 15 is 0 Å². The third-order valence-electron chi connectivity index (χ3n) is 6.40. The van der Waals surface area contributed by atoms with E-state index in [1.54, 1.807) is 18.1 Å².